The van der Waals surface area contributed by atoms with Crippen LogP contribution in [-0.4, -0.2) is 230 Å². The molecule has 1 N–H and O–H groups in total. The lowest BCUT2D eigenvalue weighted by atomic mass is 9.83. The van der Waals surface area contributed by atoms with Crippen molar-refractivity contribution in [1.82, 2.24) is 29.8 Å². The number of carbonyl (C=O) groups excluding carboxylic acids is 4. The van der Waals surface area contributed by atoms with Gasteiger partial charge in [0, 0.05) is 128 Å². The first-order valence-electron chi connectivity index (χ1n) is 35.9. The zero-order chi connectivity index (χ0) is 65.0. The quantitative estimate of drug-likeness (QED) is 0.164. The number of ether oxygens (including phenoxy) is 6. The van der Waals surface area contributed by atoms with Crippen LogP contribution in [0.5, 0.6) is 0 Å². The number of hydrogen-bond acceptors (Lipinski definition) is 13. The van der Waals surface area contributed by atoms with Crippen molar-refractivity contribution in [2.24, 2.45) is 17.8 Å². The number of fused-ring (bicyclic) bond motifs is 3. The van der Waals surface area contributed by atoms with Crippen LogP contribution in [0.3, 0.4) is 0 Å². The fourth-order valence-electron chi connectivity index (χ4n) is 17.1. The Kier molecular flexibility index (Phi) is 26.7. The smallest absolute Gasteiger partial charge is 0.250 e. The van der Waals surface area contributed by atoms with Crippen LogP contribution in [0.25, 0.3) is 0 Å². The van der Waals surface area contributed by atoms with Crippen molar-refractivity contribution in [2.45, 2.75) is 318 Å². The molecule has 0 aromatic carbocycles. The first-order valence-corrected chi connectivity index (χ1v) is 35.9. The maximum Gasteiger partial charge on any atom is 0.250 e. The van der Waals surface area contributed by atoms with Crippen LogP contribution >= 0.6 is 0 Å². The molecule has 6 saturated carbocycles. The number of morpholine rings is 3. The summed E-state index contributed by atoms with van der Waals surface area (Å²) in [6.45, 7) is 20.7. The summed E-state index contributed by atoms with van der Waals surface area (Å²) in [7, 11) is 0. The molecule has 0 bridgehead atoms. The highest BCUT2D eigenvalue weighted by Crippen LogP contribution is 2.44. The molecule has 0 unspecified atom stereocenters. The van der Waals surface area contributed by atoms with Crippen molar-refractivity contribution in [2.75, 3.05) is 78.9 Å². The van der Waals surface area contributed by atoms with Crippen molar-refractivity contribution in [3.63, 3.8) is 0 Å². The van der Waals surface area contributed by atoms with E-state index in [9.17, 15) is 45.5 Å². The molecule has 16 nitrogen and oxygen atoms in total. The lowest BCUT2D eigenvalue weighted by molar-refractivity contribution is -0.184. The summed E-state index contributed by atoms with van der Waals surface area (Å²) >= 11 is 0. The van der Waals surface area contributed by atoms with E-state index < -0.39 is 35.9 Å². The number of ketones is 1. The number of carbonyl (C=O) groups is 4. The van der Waals surface area contributed by atoms with Crippen molar-refractivity contribution in [3.05, 3.63) is 0 Å². The van der Waals surface area contributed by atoms with E-state index in [-0.39, 0.29) is 113 Å². The first kappa shape index (κ1) is 72.6. The Labute approximate surface area is 539 Å². The Morgan fingerprint density at radius 2 is 0.703 bits per heavy atom. The van der Waals surface area contributed by atoms with E-state index in [0.29, 0.717) is 73.2 Å². The van der Waals surface area contributed by atoms with E-state index in [1.807, 2.05) is 13.8 Å². The molecule has 12 fully saturated rings. The Morgan fingerprint density at radius 1 is 0.407 bits per heavy atom. The SMILES string of the molecule is CC(C)OCC1CCC(=O)CC1.CC(C)OCC1CCC(N2CCC(N3C(=O)CO[C@@H]4CCC(F)(F)C[C@H]43)CC2)CC1.CC(C)OCC1CCC(N2CCC(N3C(=O)CO[C@@H]4CCC(F)(F)C[C@H]43)CC2)CC1.O=C1CO[C@@H]2CCC(F)(F)C[C@H]2N1C1CCNCC1. The van der Waals surface area contributed by atoms with Crippen LogP contribution in [0.1, 0.15) is 215 Å². The third-order valence-corrected chi connectivity index (χ3v) is 22.2. The van der Waals surface area contributed by atoms with Gasteiger partial charge in [-0.15, -0.1) is 0 Å². The summed E-state index contributed by atoms with van der Waals surface area (Å²) in [5.41, 5.74) is 0. The van der Waals surface area contributed by atoms with Gasteiger partial charge in [0.1, 0.15) is 25.6 Å². The number of nitrogens with zero attached hydrogens (tertiary/aromatic N) is 5. The largest absolute Gasteiger partial charge is 0.379 e. The molecule has 0 aromatic heterocycles. The second kappa shape index (κ2) is 33.5. The Morgan fingerprint density at radius 3 is 1.01 bits per heavy atom. The van der Waals surface area contributed by atoms with Gasteiger partial charge in [0.25, 0.3) is 0 Å². The molecule has 522 valence electrons. The van der Waals surface area contributed by atoms with E-state index in [1.165, 1.54) is 51.4 Å². The van der Waals surface area contributed by atoms with Crippen LogP contribution in [0.4, 0.5) is 26.3 Å². The number of piperidine rings is 3. The van der Waals surface area contributed by atoms with Gasteiger partial charge in [0.05, 0.1) is 54.7 Å². The van der Waals surface area contributed by atoms with Gasteiger partial charge in [0.2, 0.25) is 35.5 Å². The number of halogens is 6. The normalized spacial score (nSPS) is 34.1. The lowest BCUT2D eigenvalue weighted by Gasteiger charge is -2.51. The predicted molar refractivity (Wildman–Crippen MR) is 334 cm³/mol. The minimum Gasteiger partial charge on any atom is -0.379 e. The van der Waals surface area contributed by atoms with Gasteiger partial charge in [-0.1, -0.05) is 0 Å². The Bertz CT molecular complexity index is 2160. The Hall–Kier alpha value is -2.70. The molecule has 0 spiro atoms. The monoisotopic (exact) mass is 1300 g/mol. The van der Waals surface area contributed by atoms with E-state index in [0.717, 1.165) is 123 Å². The topological polar surface area (TPSA) is 152 Å². The van der Waals surface area contributed by atoms with Gasteiger partial charge in [-0.2, -0.15) is 0 Å². The highest BCUT2D eigenvalue weighted by Gasteiger charge is 2.53. The summed E-state index contributed by atoms with van der Waals surface area (Å²) in [6, 6.07) is 0.143. The van der Waals surface area contributed by atoms with E-state index in [4.69, 9.17) is 28.4 Å². The number of amides is 3. The first-order chi connectivity index (χ1) is 43.4. The average Bonchev–Trinajstić information content (AvgIpc) is 0.847. The van der Waals surface area contributed by atoms with Crippen molar-refractivity contribution >= 4 is 23.5 Å². The minimum atomic E-state index is -2.68. The number of alkyl halides is 6. The number of hydrogen-bond donors (Lipinski definition) is 1. The predicted octanol–water partition coefficient (Wildman–Crippen LogP) is 11.0. The number of rotatable bonds is 14. The third-order valence-electron chi connectivity index (χ3n) is 22.2. The highest BCUT2D eigenvalue weighted by molar-refractivity contribution is 5.80. The summed E-state index contributed by atoms with van der Waals surface area (Å²) in [4.78, 5) is 58.7. The second-order valence-electron chi connectivity index (χ2n) is 29.9. The fourth-order valence-corrected chi connectivity index (χ4v) is 17.1. The van der Waals surface area contributed by atoms with Gasteiger partial charge in [0.15, 0.2) is 0 Å². The van der Waals surface area contributed by atoms with E-state index >= 15 is 0 Å². The van der Waals surface area contributed by atoms with Gasteiger partial charge >= 0.3 is 0 Å². The molecule has 6 aliphatic carbocycles. The second-order valence-corrected chi connectivity index (χ2v) is 29.9. The van der Waals surface area contributed by atoms with Crippen molar-refractivity contribution in [1.29, 1.82) is 0 Å². The molecule has 6 heterocycles. The number of Topliss-reactive ketones (excluding diaryl/α,β-unsaturated/α-hetero) is 1. The molecule has 91 heavy (non-hydrogen) atoms. The zero-order valence-corrected chi connectivity index (χ0v) is 56.0. The average molecular weight is 1300 g/mol. The van der Waals surface area contributed by atoms with E-state index in [2.05, 4.69) is 42.8 Å². The van der Waals surface area contributed by atoms with Gasteiger partial charge in [-0.25, -0.2) is 26.3 Å². The highest BCUT2D eigenvalue weighted by atomic mass is 19.3. The molecular weight excluding hydrogens is 1190 g/mol. The Balaban J connectivity index is 0.000000151. The van der Waals surface area contributed by atoms with Gasteiger partial charge in [-0.3, -0.25) is 19.2 Å². The van der Waals surface area contributed by atoms with Crippen molar-refractivity contribution in [3.8, 4) is 0 Å². The lowest BCUT2D eigenvalue weighted by Crippen LogP contribution is -2.63. The molecule has 6 aliphatic heterocycles. The maximum absolute atomic E-state index is 14.1. The molecule has 6 saturated heterocycles. The molecular formula is C69H114F6N6O10. The van der Waals surface area contributed by atoms with Crippen LogP contribution < -0.4 is 5.32 Å². The summed E-state index contributed by atoms with van der Waals surface area (Å²) < 4.78 is 117. The molecule has 0 radical (unpaired) electrons. The summed E-state index contributed by atoms with van der Waals surface area (Å²) in [6.07, 6.45) is 18.8. The minimum absolute atomic E-state index is 0.0510. The molecule has 6 atom stereocenters. The molecule has 12 aliphatic rings. The fraction of sp³-hybridized carbons (Fsp3) is 0.942. The third kappa shape index (κ3) is 20.9. The number of likely N-dealkylation sites (tertiary alicyclic amines) is 2. The van der Waals surface area contributed by atoms with Gasteiger partial charge < -0.3 is 58.2 Å². The van der Waals surface area contributed by atoms with Crippen LogP contribution in [-0.2, 0) is 47.6 Å². The number of nitrogens with one attached hydrogen (secondary N) is 1. The van der Waals surface area contributed by atoms with Crippen LogP contribution in [0, 0.1) is 17.8 Å². The van der Waals surface area contributed by atoms with Crippen LogP contribution in [0.15, 0.2) is 0 Å². The molecule has 0 aromatic rings. The standard InChI is InChI=1S/2C23H38F2N2O3.C13H20F2N2O2.C10H18O2/c2*1-16(2)29-14-17-3-5-18(6-4-17)26-11-8-19(9-12-26)27-20-13-23(24,25)10-7-21(20)30-15-22(27)28;14-13(15)4-1-11-10(7-13)17(12(18)8-19-11)9-2-5-16-6-3-9;1-8(2)12-7-9-3-5-10(11)6-4-9/h2*16-21H,3-15H2,1-2H3;9-11,16H,1-8H2;8-9H,3-7H2,1-2H3/t2*17?,18?,20-,21-;10-,11-;/m111./s1. The van der Waals surface area contributed by atoms with Crippen LogP contribution in [0.2, 0.25) is 0 Å². The molecule has 22 heteroatoms. The maximum atomic E-state index is 14.1. The molecule has 12 rings (SSSR count). The zero-order valence-electron chi connectivity index (χ0n) is 56.0. The summed E-state index contributed by atoms with van der Waals surface area (Å²) in [5.74, 6) is -5.93. The van der Waals surface area contributed by atoms with Gasteiger partial charge in [-0.05, 0) is 194 Å². The molecule has 3 amide bonds. The summed E-state index contributed by atoms with van der Waals surface area (Å²) in [5, 5.41) is 3.24. The van der Waals surface area contributed by atoms with E-state index in [1.54, 1.807) is 14.7 Å². The van der Waals surface area contributed by atoms with Crippen molar-refractivity contribution < 1.29 is 73.9 Å².